The van der Waals surface area contributed by atoms with E-state index >= 15 is 0 Å². The fraction of sp³-hybridized carbons (Fsp3) is 0.214. The van der Waals surface area contributed by atoms with Crippen molar-refractivity contribution in [2.75, 3.05) is 13.1 Å². The molecule has 1 fully saturated rings. The Balaban J connectivity index is 1.21. The summed E-state index contributed by atoms with van der Waals surface area (Å²) in [6.45, 7) is 2.07. The SMILES string of the molecule is O=C(c1ccccc1)c1ccc(C(=O)N2CCC(c3nccn3Cc3ccccn3)CC2)cc1. The molecule has 0 unspecified atom stereocenters. The molecule has 0 aliphatic carbocycles. The van der Waals surface area contributed by atoms with E-state index in [2.05, 4.69) is 14.5 Å². The second-order valence-electron chi connectivity index (χ2n) is 8.57. The average molecular weight is 451 g/mol. The molecular formula is C28H26N4O2. The zero-order valence-corrected chi connectivity index (χ0v) is 18.9. The van der Waals surface area contributed by atoms with Crippen LogP contribution in [0.4, 0.5) is 0 Å². The number of carbonyl (C=O) groups excluding carboxylic acids is 2. The van der Waals surface area contributed by atoms with Crippen molar-refractivity contribution in [2.45, 2.75) is 25.3 Å². The van der Waals surface area contributed by atoms with Gasteiger partial charge in [-0.3, -0.25) is 14.6 Å². The van der Waals surface area contributed by atoms with Crippen LogP contribution in [0.15, 0.2) is 91.4 Å². The summed E-state index contributed by atoms with van der Waals surface area (Å²) < 4.78 is 2.16. The average Bonchev–Trinajstić information content (AvgIpc) is 3.37. The Hall–Kier alpha value is -4.06. The van der Waals surface area contributed by atoms with Gasteiger partial charge in [-0.05, 0) is 37.1 Å². The number of likely N-dealkylation sites (tertiary alicyclic amines) is 1. The van der Waals surface area contributed by atoms with Crippen molar-refractivity contribution in [1.82, 2.24) is 19.4 Å². The lowest BCUT2D eigenvalue weighted by molar-refractivity contribution is 0.0710. The summed E-state index contributed by atoms with van der Waals surface area (Å²) in [6, 6.07) is 22.1. The van der Waals surface area contributed by atoms with Crippen molar-refractivity contribution in [3.8, 4) is 0 Å². The number of amides is 1. The highest BCUT2D eigenvalue weighted by atomic mass is 16.2. The predicted molar refractivity (Wildman–Crippen MR) is 130 cm³/mol. The highest BCUT2D eigenvalue weighted by molar-refractivity contribution is 6.09. The van der Waals surface area contributed by atoms with Crippen molar-refractivity contribution >= 4 is 11.7 Å². The number of pyridine rings is 1. The molecule has 0 radical (unpaired) electrons. The Morgan fingerprint density at radius 3 is 2.15 bits per heavy atom. The fourth-order valence-electron chi connectivity index (χ4n) is 4.52. The molecule has 5 rings (SSSR count). The second-order valence-corrected chi connectivity index (χ2v) is 8.57. The van der Waals surface area contributed by atoms with Gasteiger partial charge < -0.3 is 9.47 Å². The van der Waals surface area contributed by atoms with Crippen LogP contribution in [0, 0.1) is 0 Å². The van der Waals surface area contributed by atoms with Crippen LogP contribution in [0.2, 0.25) is 0 Å². The lowest BCUT2D eigenvalue weighted by Gasteiger charge is -2.32. The van der Waals surface area contributed by atoms with E-state index in [1.165, 1.54) is 0 Å². The molecule has 1 amide bonds. The molecule has 0 saturated carbocycles. The molecule has 1 saturated heterocycles. The number of hydrogen-bond acceptors (Lipinski definition) is 4. The summed E-state index contributed by atoms with van der Waals surface area (Å²) in [5.41, 5.74) is 2.84. The maximum Gasteiger partial charge on any atom is 0.253 e. The van der Waals surface area contributed by atoms with Crippen LogP contribution >= 0.6 is 0 Å². The van der Waals surface area contributed by atoms with Crippen LogP contribution in [0.5, 0.6) is 0 Å². The molecule has 2 aromatic heterocycles. The first-order valence-corrected chi connectivity index (χ1v) is 11.6. The van der Waals surface area contributed by atoms with Gasteiger partial charge in [-0.15, -0.1) is 0 Å². The quantitative estimate of drug-likeness (QED) is 0.404. The van der Waals surface area contributed by atoms with Gasteiger partial charge in [0.1, 0.15) is 5.82 Å². The number of benzene rings is 2. The zero-order chi connectivity index (χ0) is 23.3. The van der Waals surface area contributed by atoms with Crippen molar-refractivity contribution in [3.63, 3.8) is 0 Å². The number of rotatable bonds is 6. The summed E-state index contributed by atoms with van der Waals surface area (Å²) in [6.07, 6.45) is 7.39. The largest absolute Gasteiger partial charge is 0.339 e. The van der Waals surface area contributed by atoms with Gasteiger partial charge >= 0.3 is 0 Å². The van der Waals surface area contributed by atoms with Gasteiger partial charge in [-0.2, -0.15) is 0 Å². The van der Waals surface area contributed by atoms with E-state index in [9.17, 15) is 9.59 Å². The molecule has 2 aromatic carbocycles. The fourth-order valence-corrected chi connectivity index (χ4v) is 4.52. The molecule has 6 nitrogen and oxygen atoms in total. The third kappa shape index (κ3) is 4.66. The van der Waals surface area contributed by atoms with E-state index in [1.807, 2.05) is 53.7 Å². The van der Waals surface area contributed by atoms with Crippen LogP contribution in [0.25, 0.3) is 0 Å². The van der Waals surface area contributed by atoms with Crippen molar-refractivity contribution in [1.29, 1.82) is 0 Å². The number of imidazole rings is 1. The standard InChI is InChI=1S/C28H26N4O2/c33-26(21-6-2-1-3-7-21)22-9-11-24(12-10-22)28(34)31-17-13-23(14-18-31)27-30-16-19-32(27)20-25-8-4-5-15-29-25/h1-12,15-16,19,23H,13-14,17-18,20H2. The van der Waals surface area contributed by atoms with E-state index in [-0.39, 0.29) is 11.7 Å². The number of piperidine rings is 1. The van der Waals surface area contributed by atoms with Crippen LogP contribution < -0.4 is 0 Å². The lowest BCUT2D eigenvalue weighted by atomic mass is 9.95. The molecule has 1 aliphatic heterocycles. The third-order valence-corrected chi connectivity index (χ3v) is 6.38. The van der Waals surface area contributed by atoms with E-state index in [4.69, 9.17) is 0 Å². The smallest absolute Gasteiger partial charge is 0.253 e. The molecule has 0 atom stereocenters. The monoisotopic (exact) mass is 450 g/mol. The van der Waals surface area contributed by atoms with Gasteiger partial charge in [-0.25, -0.2) is 4.98 Å². The minimum absolute atomic E-state index is 0.00832. The van der Waals surface area contributed by atoms with Gasteiger partial charge in [0.25, 0.3) is 5.91 Å². The Kier molecular flexibility index (Phi) is 6.29. The maximum absolute atomic E-state index is 13.1. The molecule has 0 spiro atoms. The highest BCUT2D eigenvalue weighted by Crippen LogP contribution is 2.28. The van der Waals surface area contributed by atoms with Crippen molar-refractivity contribution in [3.05, 3.63) is 120 Å². The number of aromatic nitrogens is 3. The van der Waals surface area contributed by atoms with Gasteiger partial charge in [0.2, 0.25) is 0 Å². The van der Waals surface area contributed by atoms with Crippen molar-refractivity contribution < 1.29 is 9.59 Å². The molecule has 1 aliphatic rings. The molecular weight excluding hydrogens is 424 g/mol. The number of ketones is 1. The Labute approximate surface area is 198 Å². The Bertz CT molecular complexity index is 1260. The second kappa shape index (κ2) is 9.83. The summed E-state index contributed by atoms with van der Waals surface area (Å²) in [5.74, 6) is 1.34. The van der Waals surface area contributed by atoms with Crippen LogP contribution in [0.1, 0.15) is 56.6 Å². The van der Waals surface area contributed by atoms with Crippen LogP contribution in [-0.2, 0) is 6.54 Å². The van der Waals surface area contributed by atoms with Crippen LogP contribution in [0.3, 0.4) is 0 Å². The molecule has 0 bridgehead atoms. The van der Waals surface area contributed by atoms with E-state index in [0.717, 1.165) is 24.4 Å². The van der Waals surface area contributed by atoms with Gasteiger partial charge in [-0.1, -0.05) is 48.5 Å². The zero-order valence-electron chi connectivity index (χ0n) is 18.9. The molecule has 0 N–H and O–H groups in total. The number of carbonyl (C=O) groups is 2. The summed E-state index contributed by atoms with van der Waals surface area (Å²) in [7, 11) is 0. The molecule has 34 heavy (non-hydrogen) atoms. The summed E-state index contributed by atoms with van der Waals surface area (Å²) in [5, 5.41) is 0. The Morgan fingerprint density at radius 2 is 1.44 bits per heavy atom. The maximum atomic E-state index is 13.1. The molecule has 4 aromatic rings. The van der Waals surface area contributed by atoms with Gasteiger partial charge in [0.05, 0.1) is 12.2 Å². The molecule has 6 heteroatoms. The molecule has 170 valence electrons. The third-order valence-electron chi connectivity index (χ3n) is 6.38. The predicted octanol–water partition coefficient (Wildman–Crippen LogP) is 4.58. The van der Waals surface area contributed by atoms with E-state index < -0.39 is 0 Å². The van der Waals surface area contributed by atoms with E-state index in [1.54, 1.807) is 42.6 Å². The van der Waals surface area contributed by atoms with E-state index in [0.29, 0.717) is 42.2 Å². The highest BCUT2D eigenvalue weighted by Gasteiger charge is 2.27. The van der Waals surface area contributed by atoms with Crippen molar-refractivity contribution in [2.24, 2.45) is 0 Å². The van der Waals surface area contributed by atoms with Gasteiger partial charge in [0, 0.05) is 54.3 Å². The first-order chi connectivity index (χ1) is 16.7. The normalized spacial score (nSPS) is 14.2. The molecule has 3 heterocycles. The first-order valence-electron chi connectivity index (χ1n) is 11.6. The minimum Gasteiger partial charge on any atom is -0.339 e. The lowest BCUT2D eigenvalue weighted by Crippen LogP contribution is -2.38. The Morgan fingerprint density at radius 1 is 0.765 bits per heavy atom. The number of nitrogens with zero attached hydrogens (tertiary/aromatic N) is 4. The minimum atomic E-state index is -0.0402. The van der Waals surface area contributed by atoms with Gasteiger partial charge in [0.15, 0.2) is 5.78 Å². The number of hydrogen-bond donors (Lipinski definition) is 0. The summed E-state index contributed by atoms with van der Waals surface area (Å²) in [4.78, 5) is 36.6. The topological polar surface area (TPSA) is 68.1 Å². The first kappa shape index (κ1) is 21.8. The summed E-state index contributed by atoms with van der Waals surface area (Å²) >= 11 is 0. The van der Waals surface area contributed by atoms with Crippen LogP contribution in [-0.4, -0.2) is 44.2 Å².